The van der Waals surface area contributed by atoms with Gasteiger partial charge in [0, 0.05) is 18.5 Å². The monoisotopic (exact) mass is 438 g/mol. The Morgan fingerprint density at radius 2 is 1.74 bits per heavy atom. The first-order valence-electron chi connectivity index (χ1n) is 10.5. The molecule has 5 heteroatoms. The minimum absolute atomic E-state index is 0.0638. The summed E-state index contributed by atoms with van der Waals surface area (Å²) in [6, 6.07) is 13.3. The third-order valence-corrected chi connectivity index (χ3v) is 6.48. The number of benzene rings is 2. The Hall–Kier alpha value is -2.37. The normalized spacial score (nSPS) is 14.5. The molecule has 0 spiro atoms. The zero-order chi connectivity index (χ0) is 22.5. The van der Waals surface area contributed by atoms with Crippen LogP contribution in [-0.2, 0) is 4.79 Å². The van der Waals surface area contributed by atoms with Crippen molar-refractivity contribution < 1.29 is 9.18 Å². The number of nitrogens with zero attached hydrogens (tertiary/aromatic N) is 2. The van der Waals surface area contributed by atoms with Crippen LogP contribution in [-0.4, -0.2) is 56.2 Å². The van der Waals surface area contributed by atoms with Crippen molar-refractivity contribution in [3.8, 4) is 0 Å². The minimum atomic E-state index is -0.276. The SMILES string of the molecule is CSc1ccc(/C=C2/C(C)=C(CC(=O)N(C)CCCN(C)C)c3cc(F)ccc32)cc1. The number of allylic oxidation sites excluding steroid dienone is 2. The van der Waals surface area contributed by atoms with Gasteiger partial charge < -0.3 is 9.80 Å². The fourth-order valence-electron chi connectivity index (χ4n) is 3.88. The van der Waals surface area contributed by atoms with Crippen molar-refractivity contribution in [2.24, 2.45) is 0 Å². The summed E-state index contributed by atoms with van der Waals surface area (Å²) in [6.07, 6.45) is 5.40. The molecule has 0 aromatic heterocycles. The predicted molar refractivity (Wildman–Crippen MR) is 131 cm³/mol. The molecular weight excluding hydrogens is 407 g/mol. The third-order valence-electron chi connectivity index (χ3n) is 5.73. The van der Waals surface area contributed by atoms with Gasteiger partial charge in [-0.2, -0.15) is 0 Å². The molecule has 0 heterocycles. The van der Waals surface area contributed by atoms with E-state index in [4.69, 9.17) is 0 Å². The van der Waals surface area contributed by atoms with E-state index in [0.29, 0.717) is 6.54 Å². The van der Waals surface area contributed by atoms with E-state index < -0.39 is 0 Å². The van der Waals surface area contributed by atoms with Crippen molar-refractivity contribution in [2.75, 3.05) is 40.5 Å². The van der Waals surface area contributed by atoms with E-state index in [1.165, 1.54) is 11.0 Å². The van der Waals surface area contributed by atoms with E-state index in [-0.39, 0.29) is 18.1 Å². The van der Waals surface area contributed by atoms with E-state index in [9.17, 15) is 9.18 Å². The minimum Gasteiger partial charge on any atom is -0.345 e. The molecule has 0 bridgehead atoms. The van der Waals surface area contributed by atoms with Crippen LogP contribution in [0.15, 0.2) is 52.9 Å². The highest BCUT2D eigenvalue weighted by Gasteiger charge is 2.26. The molecule has 3 nitrogen and oxygen atoms in total. The van der Waals surface area contributed by atoms with E-state index in [2.05, 4.69) is 41.5 Å². The molecule has 1 aliphatic rings. The second-order valence-corrected chi connectivity index (χ2v) is 9.15. The van der Waals surface area contributed by atoms with Crippen LogP contribution in [0.1, 0.15) is 36.5 Å². The van der Waals surface area contributed by atoms with Gasteiger partial charge in [0.05, 0.1) is 6.42 Å². The summed E-state index contributed by atoms with van der Waals surface area (Å²) in [6.45, 7) is 3.69. The highest BCUT2D eigenvalue weighted by atomic mass is 32.2. The standard InChI is InChI=1S/C26H31FN2OS/c1-18-23(15-19-7-10-21(31-5)11-8-19)22-12-9-20(27)16-25(22)24(18)17-26(30)29(4)14-6-13-28(2)3/h7-12,15-16H,6,13-14,17H2,1-5H3/b23-15-. The summed E-state index contributed by atoms with van der Waals surface area (Å²) in [4.78, 5) is 18.0. The molecule has 31 heavy (non-hydrogen) atoms. The first-order valence-corrected chi connectivity index (χ1v) is 11.8. The fourth-order valence-corrected chi connectivity index (χ4v) is 4.29. The van der Waals surface area contributed by atoms with Gasteiger partial charge in [0.2, 0.25) is 5.91 Å². The van der Waals surface area contributed by atoms with Gasteiger partial charge in [-0.1, -0.05) is 18.2 Å². The van der Waals surface area contributed by atoms with Gasteiger partial charge in [-0.15, -0.1) is 11.8 Å². The van der Waals surface area contributed by atoms with Gasteiger partial charge in [-0.3, -0.25) is 4.79 Å². The molecule has 0 saturated heterocycles. The summed E-state index contributed by atoms with van der Waals surface area (Å²) in [5.41, 5.74) is 5.95. The fraction of sp³-hybridized carbons (Fsp3) is 0.346. The molecule has 0 atom stereocenters. The Labute approximate surface area is 189 Å². The van der Waals surface area contributed by atoms with Crippen LogP contribution in [0.4, 0.5) is 4.39 Å². The van der Waals surface area contributed by atoms with Crippen molar-refractivity contribution in [1.82, 2.24) is 9.80 Å². The van der Waals surface area contributed by atoms with Crippen LogP contribution in [0, 0.1) is 5.82 Å². The average molecular weight is 439 g/mol. The van der Waals surface area contributed by atoms with E-state index >= 15 is 0 Å². The van der Waals surface area contributed by atoms with Crippen molar-refractivity contribution in [3.63, 3.8) is 0 Å². The van der Waals surface area contributed by atoms with Crippen LogP contribution >= 0.6 is 11.8 Å². The quantitative estimate of drug-likeness (QED) is 0.496. The molecule has 0 N–H and O–H groups in total. The number of thioether (sulfide) groups is 1. The second-order valence-electron chi connectivity index (χ2n) is 8.27. The molecule has 1 aliphatic carbocycles. The number of hydrogen-bond acceptors (Lipinski definition) is 3. The Morgan fingerprint density at radius 3 is 2.39 bits per heavy atom. The zero-order valence-electron chi connectivity index (χ0n) is 19.0. The van der Waals surface area contributed by atoms with Gasteiger partial charge in [0.25, 0.3) is 0 Å². The molecule has 164 valence electrons. The topological polar surface area (TPSA) is 23.6 Å². The van der Waals surface area contributed by atoms with Crippen LogP contribution in [0.25, 0.3) is 17.2 Å². The molecular formula is C26H31FN2OS. The molecule has 0 saturated carbocycles. The largest absolute Gasteiger partial charge is 0.345 e. The van der Waals surface area contributed by atoms with Crippen molar-refractivity contribution in [2.45, 2.75) is 24.7 Å². The lowest BCUT2D eigenvalue weighted by Crippen LogP contribution is -2.29. The lowest BCUT2D eigenvalue weighted by atomic mass is 10.0. The number of carbonyl (C=O) groups excluding carboxylic acids is 1. The lowest BCUT2D eigenvalue weighted by molar-refractivity contribution is -0.128. The maximum atomic E-state index is 14.1. The van der Waals surface area contributed by atoms with Crippen LogP contribution < -0.4 is 0 Å². The Balaban J connectivity index is 1.88. The molecule has 0 radical (unpaired) electrons. The Morgan fingerprint density at radius 1 is 1.03 bits per heavy atom. The van der Waals surface area contributed by atoms with Crippen LogP contribution in [0.3, 0.4) is 0 Å². The number of rotatable bonds is 8. The Bertz CT molecular complexity index is 1010. The summed E-state index contributed by atoms with van der Waals surface area (Å²) in [5, 5.41) is 0. The molecule has 1 amide bonds. The molecule has 2 aromatic rings. The van der Waals surface area contributed by atoms with Crippen molar-refractivity contribution >= 4 is 34.9 Å². The average Bonchev–Trinajstić information content (AvgIpc) is 2.99. The molecule has 0 fully saturated rings. The van der Waals surface area contributed by atoms with Gasteiger partial charge in [-0.25, -0.2) is 4.39 Å². The third kappa shape index (κ3) is 5.66. The first-order chi connectivity index (χ1) is 14.8. The summed E-state index contributed by atoms with van der Waals surface area (Å²) in [7, 11) is 5.91. The number of carbonyl (C=O) groups is 1. The van der Waals surface area contributed by atoms with Crippen molar-refractivity contribution in [3.05, 3.63) is 70.5 Å². The molecule has 3 rings (SSSR count). The van der Waals surface area contributed by atoms with Gasteiger partial charge in [0.1, 0.15) is 5.82 Å². The maximum Gasteiger partial charge on any atom is 0.226 e. The number of amides is 1. The highest BCUT2D eigenvalue weighted by molar-refractivity contribution is 7.98. The van der Waals surface area contributed by atoms with E-state index in [1.54, 1.807) is 22.7 Å². The predicted octanol–water partition coefficient (Wildman–Crippen LogP) is 5.68. The molecule has 0 unspecified atom stereocenters. The van der Waals surface area contributed by atoms with Gasteiger partial charge >= 0.3 is 0 Å². The van der Waals surface area contributed by atoms with E-state index in [0.717, 1.165) is 46.4 Å². The number of hydrogen-bond donors (Lipinski definition) is 0. The lowest BCUT2D eigenvalue weighted by Gasteiger charge is -2.19. The zero-order valence-corrected chi connectivity index (χ0v) is 19.9. The maximum absolute atomic E-state index is 14.1. The summed E-state index contributed by atoms with van der Waals surface area (Å²) in [5.74, 6) is -0.213. The second kappa shape index (κ2) is 10.3. The molecule has 0 aliphatic heterocycles. The summed E-state index contributed by atoms with van der Waals surface area (Å²) >= 11 is 1.71. The highest BCUT2D eigenvalue weighted by Crippen LogP contribution is 2.44. The Kier molecular flexibility index (Phi) is 7.74. The van der Waals surface area contributed by atoms with Crippen molar-refractivity contribution in [1.29, 1.82) is 0 Å². The molecule has 2 aromatic carbocycles. The number of halogens is 1. The van der Waals surface area contributed by atoms with Crippen LogP contribution in [0.5, 0.6) is 0 Å². The summed E-state index contributed by atoms with van der Waals surface area (Å²) < 4.78 is 14.1. The first kappa shape index (κ1) is 23.3. The number of fused-ring (bicyclic) bond motifs is 1. The smallest absolute Gasteiger partial charge is 0.226 e. The van der Waals surface area contributed by atoms with Crippen LogP contribution in [0.2, 0.25) is 0 Å². The van der Waals surface area contributed by atoms with Gasteiger partial charge in [-0.05, 0) is 104 Å². The van der Waals surface area contributed by atoms with E-state index in [1.807, 2.05) is 34.1 Å². The van der Waals surface area contributed by atoms with Gasteiger partial charge in [0.15, 0.2) is 0 Å².